The van der Waals surface area contributed by atoms with E-state index in [0.29, 0.717) is 11.8 Å². The average molecular weight is 607 g/mol. The molecule has 0 saturated heterocycles. The van der Waals surface area contributed by atoms with Crippen LogP contribution in [-0.4, -0.2) is 8.07 Å². The van der Waals surface area contributed by atoms with E-state index in [0.717, 1.165) is 31.4 Å². The van der Waals surface area contributed by atoms with Crippen molar-refractivity contribution in [1.29, 1.82) is 0 Å². The van der Waals surface area contributed by atoms with Crippen molar-refractivity contribution in [3.63, 3.8) is 0 Å². The molecule has 0 radical (unpaired) electrons. The molecular weight excluding hydrogens is 561 g/mol. The summed E-state index contributed by atoms with van der Waals surface area (Å²) in [4.78, 5) is 0. The molecule has 2 aliphatic heterocycles. The van der Waals surface area contributed by atoms with Crippen molar-refractivity contribution < 1.29 is 9.13 Å². The van der Waals surface area contributed by atoms with Gasteiger partial charge in [0.05, 0.1) is 14.5 Å². The van der Waals surface area contributed by atoms with Crippen LogP contribution in [0.25, 0.3) is 39.3 Å². The Kier molecular flexibility index (Phi) is 7.69. The van der Waals surface area contributed by atoms with Gasteiger partial charge in [-0.3, -0.25) is 0 Å². The van der Waals surface area contributed by atoms with Gasteiger partial charge in [0.15, 0.2) is 24.1 Å². The van der Waals surface area contributed by atoms with E-state index in [1.807, 2.05) is 0 Å². The summed E-state index contributed by atoms with van der Waals surface area (Å²) in [6.45, 7) is 17.1. The summed E-state index contributed by atoms with van der Waals surface area (Å²) in [5.41, 5.74) is 13.4. The summed E-state index contributed by atoms with van der Waals surface area (Å²) >= 11 is 0. The Morgan fingerprint density at radius 1 is 0.778 bits per heavy atom. The molecule has 5 aromatic rings. The maximum atomic E-state index is 4.84. The summed E-state index contributed by atoms with van der Waals surface area (Å²) in [7, 11) is -1.61. The first kappa shape index (κ1) is 29.6. The Hall–Kier alpha value is -4.08. The molecule has 4 heterocycles. The number of aromatic nitrogens is 2. The van der Waals surface area contributed by atoms with Gasteiger partial charge in [0.2, 0.25) is 11.4 Å². The smallest absolute Gasteiger partial charge is 0.194 e. The Morgan fingerprint density at radius 3 is 2.24 bits per heavy atom. The molecule has 2 aromatic heterocycles. The van der Waals surface area contributed by atoms with Crippen LogP contribution in [0.3, 0.4) is 0 Å². The first-order chi connectivity index (χ1) is 21.7. The van der Waals surface area contributed by atoms with Gasteiger partial charge < -0.3 is 0 Å². The first-order valence-corrected chi connectivity index (χ1v) is 20.2. The molecule has 0 amide bonds. The molecule has 0 bridgehead atoms. The quantitative estimate of drug-likeness (QED) is 0.142. The zero-order valence-electron chi connectivity index (χ0n) is 27.6. The molecule has 2 aliphatic rings. The van der Waals surface area contributed by atoms with Crippen LogP contribution in [0.5, 0.6) is 0 Å². The number of pyridine rings is 2. The molecule has 0 aliphatic carbocycles. The van der Waals surface area contributed by atoms with Crippen LogP contribution in [0.2, 0.25) is 19.6 Å². The average Bonchev–Trinajstić information content (AvgIpc) is 3.03. The molecule has 0 fully saturated rings. The number of allylic oxidation sites excluding steroid dienone is 1. The molecule has 0 N–H and O–H groups in total. The van der Waals surface area contributed by atoms with Crippen LogP contribution in [0.4, 0.5) is 0 Å². The van der Waals surface area contributed by atoms with Crippen LogP contribution >= 0.6 is 0 Å². The lowest BCUT2D eigenvalue weighted by atomic mass is 9.77. The molecule has 3 heteroatoms. The Morgan fingerprint density at radius 2 is 1.49 bits per heavy atom. The maximum Gasteiger partial charge on any atom is 0.218 e. The predicted octanol–water partition coefficient (Wildman–Crippen LogP) is 9.15. The lowest BCUT2D eigenvalue weighted by Crippen LogP contribution is -2.54. The molecule has 3 aromatic carbocycles. The van der Waals surface area contributed by atoms with E-state index >= 15 is 0 Å². The fourth-order valence-electron chi connectivity index (χ4n) is 7.85. The summed E-state index contributed by atoms with van der Waals surface area (Å²) in [6.07, 6.45) is 9.08. The van der Waals surface area contributed by atoms with Crippen LogP contribution < -0.4 is 14.3 Å². The van der Waals surface area contributed by atoms with E-state index in [1.54, 1.807) is 10.8 Å². The highest BCUT2D eigenvalue weighted by Gasteiger charge is 2.43. The molecule has 0 saturated carbocycles. The van der Waals surface area contributed by atoms with Crippen molar-refractivity contribution in [2.24, 2.45) is 5.92 Å². The van der Waals surface area contributed by atoms with Crippen LogP contribution in [0.15, 0.2) is 116 Å². The second-order valence-corrected chi connectivity index (χ2v) is 19.7. The second kappa shape index (κ2) is 11.7. The highest BCUT2D eigenvalue weighted by molar-refractivity contribution is 6.89. The zero-order valence-corrected chi connectivity index (χ0v) is 28.6. The molecule has 2 nitrogen and oxygen atoms in total. The minimum Gasteiger partial charge on any atom is -0.194 e. The van der Waals surface area contributed by atoms with Gasteiger partial charge in [0.1, 0.15) is 0 Å². The van der Waals surface area contributed by atoms with Gasteiger partial charge in [-0.1, -0.05) is 100 Å². The molecule has 7 rings (SSSR count). The number of benzene rings is 3. The number of fused-ring (bicyclic) bond motifs is 9. The molecule has 226 valence electrons. The van der Waals surface area contributed by atoms with Gasteiger partial charge in [-0.25, -0.2) is 0 Å². The predicted molar refractivity (Wildman–Crippen MR) is 191 cm³/mol. The molecule has 45 heavy (non-hydrogen) atoms. The highest BCUT2D eigenvalue weighted by Crippen LogP contribution is 2.44. The topological polar surface area (TPSA) is 7.76 Å². The highest BCUT2D eigenvalue weighted by atomic mass is 28.3. The fourth-order valence-corrected chi connectivity index (χ4v) is 9.51. The van der Waals surface area contributed by atoms with Crippen molar-refractivity contribution in [2.75, 3.05) is 0 Å². The third-order valence-corrected chi connectivity index (χ3v) is 12.0. The molecule has 2 unspecified atom stereocenters. The van der Waals surface area contributed by atoms with E-state index in [9.17, 15) is 0 Å². The number of aryl methyl sites for hydroxylation is 1. The van der Waals surface area contributed by atoms with E-state index in [4.69, 9.17) is 6.58 Å². The SMILES string of the molecule is C=C1CC2C(CCc3ccccc3-c3ccc(-c4ccccc4)c[n+]31)c1ccccc1-c1cc(CC(C)C)c([Si](C)(C)C)c[n+]12. The van der Waals surface area contributed by atoms with Gasteiger partial charge in [-0.15, -0.1) is 0 Å². The summed E-state index contributed by atoms with van der Waals surface area (Å²) in [6, 6.07) is 36.4. The first-order valence-electron chi connectivity index (χ1n) is 16.7. The molecule has 2 atom stereocenters. The van der Waals surface area contributed by atoms with Crippen LogP contribution in [0.1, 0.15) is 55.3 Å². The Balaban J connectivity index is 1.44. The number of rotatable bonds is 4. The van der Waals surface area contributed by atoms with E-state index < -0.39 is 8.07 Å². The summed E-state index contributed by atoms with van der Waals surface area (Å²) in [5, 5.41) is 1.60. The van der Waals surface area contributed by atoms with Crippen molar-refractivity contribution in [3.05, 3.63) is 133 Å². The monoisotopic (exact) mass is 606 g/mol. The maximum absolute atomic E-state index is 4.84. The van der Waals surface area contributed by atoms with Crippen molar-refractivity contribution in [3.8, 4) is 33.6 Å². The number of hydrogen-bond acceptors (Lipinski definition) is 0. The summed E-state index contributed by atoms with van der Waals surface area (Å²) < 4.78 is 5.08. The zero-order chi connectivity index (χ0) is 31.3. The minimum atomic E-state index is -1.61. The van der Waals surface area contributed by atoms with Gasteiger partial charge in [0.25, 0.3) is 0 Å². The largest absolute Gasteiger partial charge is 0.218 e. The number of nitrogens with zero attached hydrogens (tertiary/aromatic N) is 2. The van der Waals surface area contributed by atoms with Gasteiger partial charge in [0, 0.05) is 39.9 Å². The van der Waals surface area contributed by atoms with E-state index in [1.165, 1.54) is 44.8 Å². The van der Waals surface area contributed by atoms with Gasteiger partial charge in [-0.05, 0) is 72.2 Å². The fraction of sp³-hybridized carbons (Fsp3) is 0.286. The van der Waals surface area contributed by atoms with Crippen molar-refractivity contribution in [2.45, 2.75) is 71.1 Å². The molecule has 0 spiro atoms. The third kappa shape index (κ3) is 5.52. The van der Waals surface area contributed by atoms with E-state index in [-0.39, 0.29) is 6.04 Å². The lowest BCUT2D eigenvalue weighted by Gasteiger charge is -2.33. The van der Waals surface area contributed by atoms with Crippen LogP contribution in [0, 0.1) is 5.92 Å². The van der Waals surface area contributed by atoms with E-state index in [2.05, 4.69) is 152 Å². The van der Waals surface area contributed by atoms with Gasteiger partial charge in [-0.2, -0.15) is 9.13 Å². The Labute approximate surface area is 270 Å². The molecular formula is C42H46N2Si+2. The Bertz CT molecular complexity index is 1900. The lowest BCUT2D eigenvalue weighted by molar-refractivity contribution is -0.719. The summed E-state index contributed by atoms with van der Waals surface area (Å²) in [5.74, 6) is 1.02. The van der Waals surface area contributed by atoms with Crippen molar-refractivity contribution >= 4 is 19.0 Å². The second-order valence-electron chi connectivity index (χ2n) is 14.6. The van der Waals surface area contributed by atoms with Crippen molar-refractivity contribution in [1.82, 2.24) is 0 Å². The standard InChI is InChI=1S/C42H46N2Si/c1-29(2)24-34-26-41-37-19-13-12-18-36(37)38-22-20-32-16-10-11-17-35(32)39-23-21-33(31-14-8-7-9-15-31)27-43(39)30(3)25-40(38)44(41)28-42(34)45(4,5)6/h7-19,21,23,26-29,38,40H,3,20,22,24-25H2,1-2,4-6H3/q+2. The van der Waals surface area contributed by atoms with Crippen LogP contribution in [-0.2, 0) is 12.8 Å². The minimum absolute atomic E-state index is 0.289. The third-order valence-electron chi connectivity index (χ3n) is 9.96. The normalized spacial score (nSPS) is 17.5. The number of hydrogen-bond donors (Lipinski definition) is 0. The van der Waals surface area contributed by atoms with Gasteiger partial charge >= 0.3 is 0 Å².